The fraction of sp³-hybridized carbons (Fsp3) is 0.933. The van der Waals surface area contributed by atoms with Gasteiger partial charge in [-0.05, 0) is 48.0 Å². The molecule has 23 heavy (non-hydrogen) atoms. The molecule has 0 rings (SSSR count). The van der Waals surface area contributed by atoms with Crippen molar-refractivity contribution in [3.05, 3.63) is 0 Å². The van der Waals surface area contributed by atoms with E-state index < -0.39 is 31.8 Å². The summed E-state index contributed by atoms with van der Waals surface area (Å²) in [6.45, 7) is 12.2. The molecule has 138 valence electrons. The van der Waals surface area contributed by atoms with Gasteiger partial charge < -0.3 is 9.47 Å². The summed E-state index contributed by atoms with van der Waals surface area (Å²) in [6, 6.07) is 0. The fourth-order valence-corrected chi connectivity index (χ4v) is 3.01. The highest BCUT2D eigenvalue weighted by molar-refractivity contribution is 7.48. The minimum atomic E-state index is -3.87. The first-order chi connectivity index (χ1) is 10.4. The van der Waals surface area contributed by atoms with E-state index >= 15 is 0 Å². The van der Waals surface area contributed by atoms with Crippen LogP contribution in [0.3, 0.4) is 0 Å². The van der Waals surface area contributed by atoms with Crippen molar-refractivity contribution in [2.24, 2.45) is 0 Å². The molecule has 0 aliphatic heterocycles. The average Bonchev–Trinajstić information content (AvgIpc) is 2.29. The molecule has 0 atom stereocenters. The molecule has 0 amide bonds. The zero-order valence-electron chi connectivity index (χ0n) is 15.3. The van der Waals surface area contributed by atoms with Crippen molar-refractivity contribution in [3.8, 4) is 0 Å². The monoisotopic (exact) mass is 354 g/mol. The summed E-state index contributed by atoms with van der Waals surface area (Å²) >= 11 is 0. The van der Waals surface area contributed by atoms with Gasteiger partial charge in [0.15, 0.2) is 0 Å². The third-order valence-corrected chi connectivity index (χ3v) is 4.03. The van der Waals surface area contributed by atoms with Crippen molar-refractivity contribution in [3.63, 3.8) is 0 Å². The molecule has 0 unspecified atom stereocenters. The molecular weight excluding hydrogens is 323 g/mol. The van der Waals surface area contributed by atoms with Gasteiger partial charge in [0.2, 0.25) is 6.79 Å². The number of hydrogen-bond donors (Lipinski definition) is 0. The smallest absolute Gasteiger partial charge is 0.436 e. The maximum Gasteiger partial charge on any atom is 0.478 e. The fourth-order valence-electron chi connectivity index (χ4n) is 1.34. The minimum Gasteiger partial charge on any atom is -0.436 e. The first-order valence-corrected chi connectivity index (χ1v) is 9.22. The molecule has 0 radical (unpaired) electrons. The summed E-state index contributed by atoms with van der Waals surface area (Å²) in [5.41, 5.74) is -1.48. The SMILES string of the molecule is CCCCOCC(=O)OCOP(=O)(OC(C)(C)C)OC(C)(C)C. The lowest BCUT2D eigenvalue weighted by atomic mass is 10.2. The lowest BCUT2D eigenvalue weighted by Gasteiger charge is -2.30. The van der Waals surface area contributed by atoms with Crippen molar-refractivity contribution < 1.29 is 32.4 Å². The van der Waals surface area contributed by atoms with Crippen LogP contribution in [0.25, 0.3) is 0 Å². The number of carbonyl (C=O) groups excluding carboxylic acids is 1. The number of hydrogen-bond acceptors (Lipinski definition) is 7. The Labute approximate surface area is 139 Å². The summed E-state index contributed by atoms with van der Waals surface area (Å²) in [7, 11) is -3.87. The molecule has 0 aliphatic carbocycles. The second-order valence-electron chi connectivity index (χ2n) is 7.02. The molecule has 0 saturated carbocycles. The Hall–Kier alpha value is -0.460. The second-order valence-corrected chi connectivity index (χ2v) is 8.54. The summed E-state index contributed by atoms with van der Waals surface area (Å²) in [6.07, 6.45) is 1.85. The van der Waals surface area contributed by atoms with Crippen molar-refractivity contribution in [2.75, 3.05) is 20.0 Å². The molecule has 0 spiro atoms. The molecule has 0 bridgehead atoms. The van der Waals surface area contributed by atoms with Gasteiger partial charge in [-0.25, -0.2) is 13.9 Å². The largest absolute Gasteiger partial charge is 0.478 e. The highest BCUT2D eigenvalue weighted by Gasteiger charge is 2.37. The molecular formula is C15H31O7P. The number of unbranched alkanes of at least 4 members (excludes halogenated alkanes) is 1. The molecule has 0 aromatic carbocycles. The van der Waals surface area contributed by atoms with Gasteiger partial charge >= 0.3 is 13.8 Å². The number of esters is 1. The third-order valence-electron chi connectivity index (χ3n) is 2.06. The molecule has 8 heteroatoms. The Morgan fingerprint density at radius 2 is 1.52 bits per heavy atom. The maximum atomic E-state index is 12.6. The molecule has 0 heterocycles. The molecule has 0 aromatic heterocycles. The normalized spacial score (nSPS) is 13.2. The van der Waals surface area contributed by atoms with Crippen LogP contribution in [0, 0.1) is 0 Å². The average molecular weight is 354 g/mol. The van der Waals surface area contributed by atoms with Crippen LogP contribution in [0.2, 0.25) is 0 Å². The van der Waals surface area contributed by atoms with E-state index in [0.717, 1.165) is 12.8 Å². The standard InChI is InChI=1S/C15H31O7P/c1-8-9-10-18-11-13(16)19-12-20-23(17,21-14(2,3)4)22-15(5,6)7/h8-12H2,1-7H3. The minimum absolute atomic E-state index is 0.173. The van der Waals surface area contributed by atoms with E-state index in [1.807, 2.05) is 6.92 Å². The van der Waals surface area contributed by atoms with Crippen molar-refractivity contribution >= 4 is 13.8 Å². The highest BCUT2D eigenvalue weighted by Crippen LogP contribution is 2.55. The van der Waals surface area contributed by atoms with Gasteiger partial charge in [0.1, 0.15) is 6.61 Å². The Kier molecular flexibility index (Phi) is 9.55. The van der Waals surface area contributed by atoms with Gasteiger partial charge in [-0.1, -0.05) is 13.3 Å². The van der Waals surface area contributed by atoms with Gasteiger partial charge in [-0.3, -0.25) is 9.05 Å². The van der Waals surface area contributed by atoms with E-state index in [-0.39, 0.29) is 6.61 Å². The van der Waals surface area contributed by atoms with E-state index in [1.54, 1.807) is 41.5 Å². The van der Waals surface area contributed by atoms with E-state index in [9.17, 15) is 9.36 Å². The number of ether oxygens (including phenoxy) is 2. The Bertz CT molecular complexity index is 376. The van der Waals surface area contributed by atoms with Gasteiger partial charge in [0.25, 0.3) is 0 Å². The third kappa shape index (κ3) is 13.7. The van der Waals surface area contributed by atoms with Crippen LogP contribution in [-0.4, -0.2) is 37.2 Å². The molecule has 0 saturated heterocycles. The van der Waals surface area contributed by atoms with Crippen LogP contribution in [0.1, 0.15) is 61.3 Å². The molecule has 0 N–H and O–H groups in total. The zero-order valence-corrected chi connectivity index (χ0v) is 16.2. The van der Waals surface area contributed by atoms with E-state index in [2.05, 4.69) is 0 Å². The number of carbonyl (C=O) groups is 1. The Balaban J connectivity index is 4.40. The topological polar surface area (TPSA) is 80.3 Å². The first kappa shape index (κ1) is 22.5. The van der Waals surface area contributed by atoms with Crippen LogP contribution in [-0.2, 0) is 32.4 Å². The molecule has 0 aromatic rings. The summed E-state index contributed by atoms with van der Waals surface area (Å²) in [4.78, 5) is 11.5. The van der Waals surface area contributed by atoms with Gasteiger partial charge in [0.05, 0.1) is 11.2 Å². The van der Waals surface area contributed by atoms with E-state index in [1.165, 1.54) is 0 Å². The van der Waals surface area contributed by atoms with Crippen LogP contribution in [0.4, 0.5) is 0 Å². The molecule has 0 fully saturated rings. The van der Waals surface area contributed by atoms with Crippen molar-refractivity contribution in [1.82, 2.24) is 0 Å². The maximum absolute atomic E-state index is 12.6. The van der Waals surface area contributed by atoms with Gasteiger partial charge in [0, 0.05) is 6.61 Å². The number of rotatable bonds is 10. The van der Waals surface area contributed by atoms with Crippen molar-refractivity contribution in [1.29, 1.82) is 0 Å². The predicted octanol–water partition coefficient (Wildman–Crippen LogP) is 4.06. The van der Waals surface area contributed by atoms with E-state index in [0.29, 0.717) is 6.61 Å². The summed E-state index contributed by atoms with van der Waals surface area (Å²) in [5, 5.41) is 0. The summed E-state index contributed by atoms with van der Waals surface area (Å²) in [5.74, 6) is -0.598. The first-order valence-electron chi connectivity index (χ1n) is 7.76. The quantitative estimate of drug-likeness (QED) is 0.253. The molecule has 7 nitrogen and oxygen atoms in total. The predicted molar refractivity (Wildman–Crippen MR) is 87.1 cm³/mol. The van der Waals surface area contributed by atoms with Gasteiger partial charge in [-0.15, -0.1) is 0 Å². The van der Waals surface area contributed by atoms with Crippen LogP contribution < -0.4 is 0 Å². The van der Waals surface area contributed by atoms with Crippen molar-refractivity contribution in [2.45, 2.75) is 72.5 Å². The van der Waals surface area contributed by atoms with Crippen LogP contribution in [0.5, 0.6) is 0 Å². The van der Waals surface area contributed by atoms with Gasteiger partial charge in [-0.2, -0.15) is 0 Å². The summed E-state index contributed by atoms with van der Waals surface area (Å²) < 4.78 is 38.4. The van der Waals surface area contributed by atoms with Crippen LogP contribution in [0.15, 0.2) is 0 Å². The Morgan fingerprint density at radius 1 is 1.00 bits per heavy atom. The second kappa shape index (κ2) is 9.74. The highest BCUT2D eigenvalue weighted by atomic mass is 31.2. The number of phosphoric ester groups is 1. The lowest BCUT2D eigenvalue weighted by molar-refractivity contribution is -0.157. The zero-order chi connectivity index (χ0) is 18.1. The lowest BCUT2D eigenvalue weighted by Crippen LogP contribution is -2.25. The van der Waals surface area contributed by atoms with Crippen LogP contribution >= 0.6 is 7.82 Å². The number of phosphoric acid groups is 1. The molecule has 0 aliphatic rings. The Morgan fingerprint density at radius 3 is 1.96 bits per heavy atom. The van der Waals surface area contributed by atoms with E-state index in [4.69, 9.17) is 23.0 Å².